The third kappa shape index (κ3) is 3.40. The van der Waals surface area contributed by atoms with Gasteiger partial charge in [-0.1, -0.05) is 0 Å². The molecule has 0 saturated carbocycles. The first-order valence-corrected chi connectivity index (χ1v) is 12.7. The van der Waals surface area contributed by atoms with Gasteiger partial charge in [0.25, 0.3) is 0 Å². The predicted molar refractivity (Wildman–Crippen MR) is 111 cm³/mol. The average molecular weight is 389 g/mol. The second-order valence-corrected chi connectivity index (χ2v) is 14.7. The van der Waals surface area contributed by atoms with Crippen LogP contribution in [0.15, 0.2) is 96.1 Å². The number of hydrogen-bond donors (Lipinski definition) is 0. The summed E-state index contributed by atoms with van der Waals surface area (Å²) in [5.41, 5.74) is 0. The zero-order valence-electron chi connectivity index (χ0n) is 15.1. The second-order valence-electron chi connectivity index (χ2n) is 6.38. The third-order valence-electron chi connectivity index (χ3n) is 4.51. The van der Waals surface area contributed by atoms with Gasteiger partial charge in [-0.25, -0.2) is 0 Å². The molecule has 0 aromatic heterocycles. The van der Waals surface area contributed by atoms with Crippen LogP contribution in [0.3, 0.4) is 0 Å². The van der Waals surface area contributed by atoms with Crippen LogP contribution in [0.1, 0.15) is 6.92 Å². The molecule has 126 valence electrons. The normalized spacial score (nSPS) is 12.0. The van der Waals surface area contributed by atoms with Crippen molar-refractivity contribution in [3.05, 3.63) is 91.0 Å². The van der Waals surface area contributed by atoms with Crippen molar-refractivity contribution in [3.8, 4) is 0 Å². The fourth-order valence-electron chi connectivity index (χ4n) is 3.57. The number of hydrogen-bond acceptors (Lipinski definition) is 2. The molecule has 25 heavy (non-hydrogen) atoms. The van der Waals surface area contributed by atoms with Gasteiger partial charge in [-0.05, 0) is 0 Å². The van der Waals surface area contributed by atoms with Crippen LogP contribution < -0.4 is 13.2 Å². The Hall–Kier alpha value is -2.33. The first-order chi connectivity index (χ1) is 12.2. The Morgan fingerprint density at radius 3 is 1.24 bits per heavy atom. The molecule has 0 unspecified atom stereocenters. The van der Waals surface area contributed by atoms with E-state index in [2.05, 4.69) is 97.9 Å². The zero-order valence-corrected chi connectivity index (χ0v) is 17.2. The Labute approximate surface area is 153 Å². The van der Waals surface area contributed by atoms with Crippen LogP contribution in [0.25, 0.3) is 0 Å². The van der Waals surface area contributed by atoms with Gasteiger partial charge < -0.3 is 0 Å². The third-order valence-corrected chi connectivity index (χ3v) is 14.5. The zero-order chi connectivity index (χ0) is 17.7. The van der Waals surface area contributed by atoms with Crippen LogP contribution >= 0.6 is 0 Å². The van der Waals surface area contributed by atoms with E-state index in [1.54, 1.807) is 0 Å². The van der Waals surface area contributed by atoms with Gasteiger partial charge >= 0.3 is 153 Å². The SMILES string of the molecule is C/[C](=N/N(C)C)[Ge]([c]1ccccc1)([c]1ccccc1)[c]1ccccc1. The number of nitrogens with zero attached hydrogens (tertiary/aromatic N) is 2. The molecule has 0 amide bonds. The summed E-state index contributed by atoms with van der Waals surface area (Å²) in [5.74, 6) is 0. The maximum atomic E-state index is 4.91. The molecule has 0 heterocycles. The molecule has 0 bridgehead atoms. The maximum absolute atomic E-state index is 4.91. The van der Waals surface area contributed by atoms with Crippen molar-refractivity contribution in [1.82, 2.24) is 5.01 Å². The molecule has 0 aliphatic heterocycles. The molecule has 0 fully saturated rings. The van der Waals surface area contributed by atoms with Gasteiger partial charge in [0.2, 0.25) is 0 Å². The fourth-order valence-corrected chi connectivity index (χ4v) is 13.4. The van der Waals surface area contributed by atoms with Crippen molar-refractivity contribution in [2.75, 3.05) is 14.1 Å². The quantitative estimate of drug-likeness (QED) is 0.372. The topological polar surface area (TPSA) is 15.6 Å². The van der Waals surface area contributed by atoms with E-state index in [0.717, 1.165) is 0 Å². The Kier molecular flexibility index (Phi) is 5.39. The van der Waals surface area contributed by atoms with Gasteiger partial charge in [0.1, 0.15) is 0 Å². The molecule has 0 spiro atoms. The average Bonchev–Trinajstić information content (AvgIpc) is 2.64. The second kappa shape index (κ2) is 7.70. The van der Waals surface area contributed by atoms with E-state index in [-0.39, 0.29) is 0 Å². The first kappa shape index (κ1) is 17.5. The van der Waals surface area contributed by atoms with Gasteiger partial charge in [0.05, 0.1) is 0 Å². The Morgan fingerprint density at radius 2 is 0.960 bits per heavy atom. The summed E-state index contributed by atoms with van der Waals surface area (Å²) < 4.78 is 5.45. The van der Waals surface area contributed by atoms with Crippen molar-refractivity contribution in [2.45, 2.75) is 6.92 Å². The van der Waals surface area contributed by atoms with Crippen molar-refractivity contribution in [2.24, 2.45) is 5.10 Å². The molecular formula is C22H24GeN2. The molecule has 0 radical (unpaired) electrons. The van der Waals surface area contributed by atoms with Crippen molar-refractivity contribution in [1.29, 1.82) is 0 Å². The minimum atomic E-state index is -3.07. The van der Waals surface area contributed by atoms with Gasteiger partial charge in [-0.15, -0.1) is 0 Å². The predicted octanol–water partition coefficient (Wildman–Crippen LogP) is 2.63. The van der Waals surface area contributed by atoms with Crippen LogP contribution in [0.4, 0.5) is 0 Å². The fraction of sp³-hybridized carbons (Fsp3) is 0.136. The molecule has 2 nitrogen and oxygen atoms in total. The number of benzene rings is 3. The van der Waals surface area contributed by atoms with E-state index in [1.165, 1.54) is 17.7 Å². The van der Waals surface area contributed by atoms with Crippen LogP contribution in [0.2, 0.25) is 0 Å². The van der Waals surface area contributed by atoms with Gasteiger partial charge in [-0.3, -0.25) is 0 Å². The van der Waals surface area contributed by atoms with E-state index in [0.29, 0.717) is 0 Å². The Bertz CT molecular complexity index is 731. The Morgan fingerprint density at radius 1 is 0.640 bits per heavy atom. The summed E-state index contributed by atoms with van der Waals surface area (Å²) in [5, 5.41) is 6.83. The van der Waals surface area contributed by atoms with Gasteiger partial charge in [-0.2, -0.15) is 0 Å². The number of hydrazone groups is 1. The van der Waals surface area contributed by atoms with E-state index < -0.39 is 13.3 Å². The molecule has 3 aromatic carbocycles. The van der Waals surface area contributed by atoms with Gasteiger partial charge in [0.15, 0.2) is 0 Å². The summed E-state index contributed by atoms with van der Waals surface area (Å²) in [6.45, 7) is 2.20. The molecule has 3 rings (SSSR count). The van der Waals surface area contributed by atoms with Crippen molar-refractivity contribution < 1.29 is 0 Å². The monoisotopic (exact) mass is 390 g/mol. The van der Waals surface area contributed by atoms with E-state index in [1.807, 2.05) is 19.1 Å². The van der Waals surface area contributed by atoms with Crippen LogP contribution in [0.5, 0.6) is 0 Å². The summed E-state index contributed by atoms with van der Waals surface area (Å²) >= 11 is -3.07. The van der Waals surface area contributed by atoms with Gasteiger partial charge in [0, 0.05) is 0 Å². The van der Waals surface area contributed by atoms with E-state index >= 15 is 0 Å². The van der Waals surface area contributed by atoms with E-state index in [4.69, 9.17) is 5.10 Å². The van der Waals surface area contributed by atoms with Crippen molar-refractivity contribution in [3.63, 3.8) is 0 Å². The molecule has 0 aliphatic carbocycles. The van der Waals surface area contributed by atoms with Crippen molar-refractivity contribution >= 4 is 31.0 Å². The van der Waals surface area contributed by atoms with Crippen LogP contribution in [-0.2, 0) is 0 Å². The molecule has 0 atom stereocenters. The summed E-state index contributed by atoms with van der Waals surface area (Å²) in [7, 11) is 4.00. The van der Waals surface area contributed by atoms with Crippen LogP contribution in [0, 0.1) is 0 Å². The summed E-state index contributed by atoms with van der Waals surface area (Å²) in [6.07, 6.45) is 0. The molecule has 0 N–H and O–H groups in total. The molecular weight excluding hydrogens is 365 g/mol. The molecule has 3 heteroatoms. The molecule has 0 saturated heterocycles. The first-order valence-electron chi connectivity index (χ1n) is 8.55. The van der Waals surface area contributed by atoms with E-state index in [9.17, 15) is 0 Å². The van der Waals surface area contributed by atoms with Crippen LogP contribution in [-0.4, -0.2) is 36.9 Å². The standard InChI is InChI=1S/C22H24GeN2/c1-19(24-25(2)3)23(20-13-7-4-8-14-20,21-15-9-5-10-16-21)22-17-11-6-12-18-22/h4-18H,1-3H3/b24-19-. The minimum absolute atomic E-state index is 1.23. The number of rotatable bonds is 5. The molecule has 3 aromatic rings. The summed E-state index contributed by atoms with van der Waals surface area (Å²) in [6, 6.07) is 32.8. The summed E-state index contributed by atoms with van der Waals surface area (Å²) in [4.78, 5) is 0. The Balaban J connectivity index is 2.40. The molecule has 0 aliphatic rings.